The predicted molar refractivity (Wildman–Crippen MR) is 59.1 cm³/mol. The Morgan fingerprint density at radius 1 is 1.47 bits per heavy atom. The number of rotatable bonds is 3. The maximum absolute atomic E-state index is 12.9. The molecular weight excluding hydrogens is 228 g/mol. The first-order chi connectivity index (χ1) is 7.99. The minimum Gasteiger partial charge on any atom is -0.456 e. The van der Waals surface area contributed by atoms with Gasteiger partial charge in [0.25, 0.3) is 0 Å². The van der Waals surface area contributed by atoms with Crippen molar-refractivity contribution < 1.29 is 18.3 Å². The molecule has 1 aliphatic rings. The minimum absolute atomic E-state index is 0.201. The highest BCUT2D eigenvalue weighted by molar-refractivity contribution is 5.79. The number of ether oxygens (including phenoxy) is 1. The molecule has 0 radical (unpaired) electrons. The monoisotopic (exact) mass is 241 g/mol. The third-order valence-electron chi connectivity index (χ3n) is 2.72. The molecule has 0 saturated carbocycles. The highest BCUT2D eigenvalue weighted by Crippen LogP contribution is 2.31. The second-order valence-corrected chi connectivity index (χ2v) is 4.13. The molecule has 0 aromatic heterocycles. The van der Waals surface area contributed by atoms with E-state index in [1.807, 2.05) is 31.2 Å². The summed E-state index contributed by atoms with van der Waals surface area (Å²) in [5, 5.41) is 3.00. The zero-order chi connectivity index (χ0) is 12.5. The Morgan fingerprint density at radius 3 is 2.76 bits per heavy atom. The number of esters is 1. The van der Waals surface area contributed by atoms with Crippen molar-refractivity contribution in [2.75, 3.05) is 11.9 Å². The van der Waals surface area contributed by atoms with E-state index in [1.54, 1.807) is 0 Å². The lowest BCUT2D eigenvalue weighted by Gasteiger charge is -2.12. The first-order valence-electron chi connectivity index (χ1n) is 5.37. The molecule has 1 fully saturated rings. The number of carbonyl (C=O) groups is 1. The van der Waals surface area contributed by atoms with Crippen LogP contribution in [0.1, 0.15) is 12.0 Å². The van der Waals surface area contributed by atoms with Gasteiger partial charge in [0.1, 0.15) is 6.10 Å². The Hall–Kier alpha value is -1.65. The fourth-order valence-corrected chi connectivity index (χ4v) is 1.76. The maximum Gasteiger partial charge on any atom is 0.377 e. The fourth-order valence-electron chi connectivity index (χ4n) is 1.76. The number of benzene rings is 1. The summed E-state index contributed by atoms with van der Waals surface area (Å²) in [4.78, 5) is 10.8. The van der Waals surface area contributed by atoms with E-state index in [1.165, 1.54) is 0 Å². The number of anilines is 1. The Morgan fingerprint density at radius 2 is 2.18 bits per heavy atom. The summed E-state index contributed by atoms with van der Waals surface area (Å²) < 4.78 is 30.4. The van der Waals surface area contributed by atoms with Crippen LogP contribution in [0.15, 0.2) is 24.3 Å². The van der Waals surface area contributed by atoms with E-state index in [0.29, 0.717) is 0 Å². The molecule has 1 aliphatic heterocycles. The number of para-hydroxylation sites is 1. The van der Waals surface area contributed by atoms with Crippen LogP contribution in [-0.4, -0.2) is 24.5 Å². The summed E-state index contributed by atoms with van der Waals surface area (Å²) in [5.41, 5.74) is 1.88. The van der Waals surface area contributed by atoms with Crippen molar-refractivity contribution in [2.24, 2.45) is 0 Å². The number of carbonyl (C=O) groups excluding carboxylic acids is 1. The Bertz CT molecular complexity index is 434. The number of halogens is 2. The molecule has 1 atom stereocenters. The number of alkyl halides is 2. The molecule has 1 saturated heterocycles. The normalized spacial score (nSPS) is 22.3. The van der Waals surface area contributed by atoms with E-state index in [4.69, 9.17) is 0 Å². The highest BCUT2D eigenvalue weighted by Gasteiger charge is 2.50. The second-order valence-electron chi connectivity index (χ2n) is 4.13. The zero-order valence-electron chi connectivity index (χ0n) is 9.37. The van der Waals surface area contributed by atoms with Gasteiger partial charge in [0.2, 0.25) is 0 Å². The van der Waals surface area contributed by atoms with Gasteiger partial charge >= 0.3 is 11.9 Å². The summed E-state index contributed by atoms with van der Waals surface area (Å²) in [6.07, 6.45) is -1.32. The largest absolute Gasteiger partial charge is 0.456 e. The summed E-state index contributed by atoms with van der Waals surface area (Å²) >= 11 is 0. The molecule has 1 unspecified atom stereocenters. The molecule has 1 N–H and O–H groups in total. The first kappa shape index (κ1) is 11.8. The number of cyclic esters (lactones) is 1. The van der Waals surface area contributed by atoms with Crippen molar-refractivity contribution in [1.82, 2.24) is 0 Å². The number of hydrogen-bond acceptors (Lipinski definition) is 3. The van der Waals surface area contributed by atoms with Gasteiger partial charge in [-0.3, -0.25) is 0 Å². The third kappa shape index (κ3) is 2.54. The molecule has 0 spiro atoms. The summed E-state index contributed by atoms with van der Waals surface area (Å²) in [7, 11) is 0. The van der Waals surface area contributed by atoms with Crippen molar-refractivity contribution in [2.45, 2.75) is 25.4 Å². The molecule has 92 valence electrons. The van der Waals surface area contributed by atoms with Gasteiger partial charge in [0, 0.05) is 5.69 Å². The zero-order valence-corrected chi connectivity index (χ0v) is 9.37. The molecule has 1 aromatic carbocycles. The van der Waals surface area contributed by atoms with Gasteiger partial charge in [0.15, 0.2) is 0 Å². The molecule has 0 aliphatic carbocycles. The van der Waals surface area contributed by atoms with Gasteiger partial charge in [-0.1, -0.05) is 18.2 Å². The molecule has 0 bridgehead atoms. The molecular formula is C12H13F2NO2. The van der Waals surface area contributed by atoms with Gasteiger partial charge < -0.3 is 10.1 Å². The van der Waals surface area contributed by atoms with Crippen LogP contribution < -0.4 is 5.32 Å². The van der Waals surface area contributed by atoms with Crippen LogP contribution in [0, 0.1) is 6.92 Å². The van der Waals surface area contributed by atoms with Gasteiger partial charge in [0.05, 0.1) is 13.0 Å². The summed E-state index contributed by atoms with van der Waals surface area (Å²) in [5.74, 6) is -4.76. The van der Waals surface area contributed by atoms with Crippen LogP contribution in [0.5, 0.6) is 0 Å². The van der Waals surface area contributed by atoms with E-state index >= 15 is 0 Å². The Labute approximate surface area is 97.8 Å². The van der Waals surface area contributed by atoms with Crippen LogP contribution in [0.4, 0.5) is 14.5 Å². The van der Waals surface area contributed by atoms with Crippen molar-refractivity contribution in [3.63, 3.8) is 0 Å². The molecule has 17 heavy (non-hydrogen) atoms. The lowest BCUT2D eigenvalue weighted by Crippen LogP contribution is -2.22. The second kappa shape index (κ2) is 4.31. The van der Waals surface area contributed by atoms with E-state index in [9.17, 15) is 13.6 Å². The summed E-state index contributed by atoms with van der Waals surface area (Å²) in [6, 6.07) is 7.51. The standard InChI is InChI=1S/C12H13F2NO2/c1-8-4-2-3-5-10(8)15-7-9-6-12(13,14)11(16)17-9/h2-5,9,15H,6-7H2,1H3. The van der Waals surface area contributed by atoms with E-state index < -0.39 is 24.4 Å². The van der Waals surface area contributed by atoms with Crippen molar-refractivity contribution >= 4 is 11.7 Å². The Balaban J connectivity index is 1.93. The molecule has 0 amide bonds. The average Bonchev–Trinajstić information content (AvgIpc) is 2.52. The average molecular weight is 241 g/mol. The van der Waals surface area contributed by atoms with Crippen molar-refractivity contribution in [1.29, 1.82) is 0 Å². The lowest BCUT2D eigenvalue weighted by molar-refractivity contribution is -0.158. The quantitative estimate of drug-likeness (QED) is 0.825. The topological polar surface area (TPSA) is 38.3 Å². The molecule has 1 aromatic rings. The van der Waals surface area contributed by atoms with Crippen molar-refractivity contribution in [3.05, 3.63) is 29.8 Å². The summed E-state index contributed by atoms with van der Waals surface area (Å²) in [6.45, 7) is 2.11. The van der Waals surface area contributed by atoms with Crippen LogP contribution >= 0.6 is 0 Å². The smallest absolute Gasteiger partial charge is 0.377 e. The van der Waals surface area contributed by atoms with E-state index in [2.05, 4.69) is 10.1 Å². The maximum atomic E-state index is 12.9. The Kier molecular flexibility index (Phi) is 3.00. The third-order valence-corrected chi connectivity index (χ3v) is 2.72. The number of hydrogen-bond donors (Lipinski definition) is 1. The van der Waals surface area contributed by atoms with E-state index in [-0.39, 0.29) is 6.54 Å². The van der Waals surface area contributed by atoms with Gasteiger partial charge in [-0.05, 0) is 18.6 Å². The van der Waals surface area contributed by atoms with Gasteiger partial charge in [-0.25, -0.2) is 4.79 Å². The van der Waals surface area contributed by atoms with Crippen LogP contribution in [0.3, 0.4) is 0 Å². The van der Waals surface area contributed by atoms with Gasteiger partial charge in [-0.15, -0.1) is 0 Å². The lowest BCUT2D eigenvalue weighted by atomic mass is 10.1. The molecule has 5 heteroatoms. The fraction of sp³-hybridized carbons (Fsp3) is 0.417. The van der Waals surface area contributed by atoms with E-state index in [0.717, 1.165) is 11.3 Å². The molecule has 1 heterocycles. The minimum atomic E-state index is -3.34. The van der Waals surface area contributed by atoms with Crippen LogP contribution in [0.2, 0.25) is 0 Å². The molecule has 2 rings (SSSR count). The predicted octanol–water partition coefficient (Wildman–Crippen LogP) is 2.36. The van der Waals surface area contributed by atoms with Crippen LogP contribution in [0.25, 0.3) is 0 Å². The number of nitrogens with one attached hydrogen (secondary N) is 1. The first-order valence-corrected chi connectivity index (χ1v) is 5.37. The number of aryl methyl sites for hydroxylation is 1. The SMILES string of the molecule is Cc1ccccc1NCC1CC(F)(F)C(=O)O1. The van der Waals surface area contributed by atoms with Gasteiger partial charge in [-0.2, -0.15) is 8.78 Å². The van der Waals surface area contributed by atoms with Crippen molar-refractivity contribution in [3.8, 4) is 0 Å². The molecule has 3 nitrogen and oxygen atoms in total. The van der Waals surface area contributed by atoms with Crippen LogP contribution in [-0.2, 0) is 9.53 Å². The highest BCUT2D eigenvalue weighted by atomic mass is 19.3.